The number of aromatic nitrogens is 2. The van der Waals surface area contributed by atoms with Gasteiger partial charge in [-0.05, 0) is 42.9 Å². The van der Waals surface area contributed by atoms with Gasteiger partial charge in [0, 0.05) is 5.56 Å². The molecule has 156 valence electrons. The third kappa shape index (κ3) is 6.51. The fraction of sp³-hybridized carbons (Fsp3) is 0.308. The lowest BCUT2D eigenvalue weighted by Gasteiger charge is -2.07. The van der Waals surface area contributed by atoms with Crippen molar-refractivity contribution >= 4 is 0 Å². The number of nitrogens with zero attached hydrogens (tertiary/aromatic N) is 2. The van der Waals surface area contributed by atoms with E-state index in [1.54, 1.807) is 25.4 Å². The van der Waals surface area contributed by atoms with Crippen molar-refractivity contribution in [2.45, 2.75) is 45.2 Å². The van der Waals surface area contributed by atoms with E-state index in [0.29, 0.717) is 24.6 Å². The molecule has 0 aliphatic heterocycles. The first kappa shape index (κ1) is 21.7. The molecule has 4 heteroatoms. The molecule has 0 fully saturated rings. The maximum atomic E-state index is 12.8. The number of rotatable bonds is 11. The van der Waals surface area contributed by atoms with Gasteiger partial charge in [-0.25, -0.2) is 14.4 Å². The van der Waals surface area contributed by atoms with E-state index in [1.807, 2.05) is 12.1 Å². The second kappa shape index (κ2) is 11.2. The van der Waals surface area contributed by atoms with Crippen LogP contribution in [0.15, 0.2) is 73.6 Å². The highest BCUT2D eigenvalue weighted by atomic mass is 19.1. The first-order chi connectivity index (χ1) is 14.7. The quantitative estimate of drug-likeness (QED) is 0.259. The van der Waals surface area contributed by atoms with Crippen LogP contribution in [0, 0.1) is 0 Å². The van der Waals surface area contributed by atoms with E-state index in [4.69, 9.17) is 4.74 Å². The van der Waals surface area contributed by atoms with E-state index < -0.39 is 6.17 Å². The highest BCUT2D eigenvalue weighted by molar-refractivity contribution is 5.67. The van der Waals surface area contributed by atoms with Crippen LogP contribution in [0.2, 0.25) is 0 Å². The Bertz CT molecular complexity index is 903. The molecule has 2 aromatic carbocycles. The minimum absolute atomic E-state index is 0.439. The van der Waals surface area contributed by atoms with E-state index in [1.165, 1.54) is 11.1 Å². The second-order valence-corrected chi connectivity index (χ2v) is 7.50. The molecule has 0 amide bonds. The number of hydrogen-bond donors (Lipinski definition) is 0. The highest BCUT2D eigenvalue weighted by Gasteiger charge is 2.04. The summed E-state index contributed by atoms with van der Waals surface area (Å²) in [6, 6.07) is 17.0. The topological polar surface area (TPSA) is 35.0 Å². The summed E-state index contributed by atoms with van der Waals surface area (Å²) in [5, 5.41) is 0. The van der Waals surface area contributed by atoms with Gasteiger partial charge in [0.2, 0.25) is 0 Å². The number of alkyl halides is 1. The summed E-state index contributed by atoms with van der Waals surface area (Å²) in [6.45, 7) is 5.70. The summed E-state index contributed by atoms with van der Waals surface area (Å²) in [5.41, 5.74) is 4.64. The number of ether oxygens (including phenoxy) is 1. The van der Waals surface area contributed by atoms with Crippen LogP contribution in [0.4, 0.5) is 4.39 Å². The van der Waals surface area contributed by atoms with Crippen molar-refractivity contribution in [2.24, 2.45) is 0 Å². The zero-order valence-corrected chi connectivity index (χ0v) is 17.6. The van der Waals surface area contributed by atoms with Crippen molar-refractivity contribution in [1.82, 2.24) is 9.97 Å². The minimum Gasteiger partial charge on any atom is -0.486 e. The molecular formula is C26H29FN2O. The molecule has 3 aromatic rings. The molecule has 0 aliphatic rings. The van der Waals surface area contributed by atoms with Gasteiger partial charge in [0.05, 0.1) is 18.6 Å². The van der Waals surface area contributed by atoms with E-state index >= 15 is 0 Å². The molecule has 1 atom stereocenters. The molecule has 3 nitrogen and oxygen atoms in total. The Balaban J connectivity index is 1.56. The van der Waals surface area contributed by atoms with Crippen LogP contribution in [0.1, 0.15) is 38.2 Å². The standard InChI is InChI=1S/C26H29FN2O/c1-3-17-30-25-18-28-26(29-19-25)24-15-13-23(14-16-24)22-11-9-21(10-12-22)8-6-4-5-7-20(2)27/h3,9-16,18-20H,1,4-8,17H2,2H3. The minimum atomic E-state index is -0.682. The Morgan fingerprint density at radius 3 is 2.10 bits per heavy atom. The summed E-state index contributed by atoms with van der Waals surface area (Å²) in [4.78, 5) is 8.75. The van der Waals surface area contributed by atoms with E-state index in [9.17, 15) is 4.39 Å². The Hall–Kier alpha value is -3.01. The van der Waals surface area contributed by atoms with Gasteiger partial charge in [0.25, 0.3) is 0 Å². The fourth-order valence-corrected chi connectivity index (χ4v) is 3.30. The SMILES string of the molecule is C=CCOc1cnc(-c2ccc(-c3ccc(CCCCCC(C)F)cc3)cc2)nc1. The largest absolute Gasteiger partial charge is 0.486 e. The number of aryl methyl sites for hydroxylation is 1. The first-order valence-corrected chi connectivity index (χ1v) is 10.6. The first-order valence-electron chi connectivity index (χ1n) is 10.6. The molecule has 1 unspecified atom stereocenters. The molecular weight excluding hydrogens is 375 g/mol. The molecule has 3 rings (SSSR count). The molecule has 1 heterocycles. The lowest BCUT2D eigenvalue weighted by Crippen LogP contribution is -1.95. The van der Waals surface area contributed by atoms with Gasteiger partial charge >= 0.3 is 0 Å². The van der Waals surface area contributed by atoms with Crippen molar-refractivity contribution in [3.63, 3.8) is 0 Å². The summed E-state index contributed by atoms with van der Waals surface area (Å²) in [6.07, 6.45) is 9.24. The summed E-state index contributed by atoms with van der Waals surface area (Å²) in [5.74, 6) is 1.30. The summed E-state index contributed by atoms with van der Waals surface area (Å²) < 4.78 is 18.2. The monoisotopic (exact) mass is 404 g/mol. The number of halogens is 1. The van der Waals surface area contributed by atoms with Crippen LogP contribution in [0.3, 0.4) is 0 Å². The lowest BCUT2D eigenvalue weighted by molar-refractivity contribution is 0.330. The molecule has 1 aromatic heterocycles. The van der Waals surface area contributed by atoms with E-state index in [2.05, 4.69) is 52.9 Å². The van der Waals surface area contributed by atoms with Crippen LogP contribution in [0.25, 0.3) is 22.5 Å². The van der Waals surface area contributed by atoms with Crippen LogP contribution in [-0.2, 0) is 6.42 Å². The molecule has 0 aliphatic carbocycles. The maximum Gasteiger partial charge on any atom is 0.159 e. The normalized spacial score (nSPS) is 11.8. The van der Waals surface area contributed by atoms with Crippen LogP contribution in [-0.4, -0.2) is 22.7 Å². The predicted molar refractivity (Wildman–Crippen MR) is 121 cm³/mol. The third-order valence-electron chi connectivity index (χ3n) is 4.99. The summed E-state index contributed by atoms with van der Waals surface area (Å²) in [7, 11) is 0. The van der Waals surface area contributed by atoms with Gasteiger partial charge in [-0.3, -0.25) is 0 Å². The number of hydrogen-bond acceptors (Lipinski definition) is 3. The molecule has 0 radical (unpaired) electrons. The maximum absolute atomic E-state index is 12.8. The van der Waals surface area contributed by atoms with Crippen molar-refractivity contribution in [3.05, 3.63) is 79.1 Å². The average molecular weight is 405 g/mol. The second-order valence-electron chi connectivity index (χ2n) is 7.50. The Morgan fingerprint density at radius 1 is 0.900 bits per heavy atom. The van der Waals surface area contributed by atoms with Gasteiger partial charge in [0.15, 0.2) is 11.6 Å². The van der Waals surface area contributed by atoms with Gasteiger partial charge in [-0.15, -0.1) is 0 Å². The van der Waals surface area contributed by atoms with E-state index in [-0.39, 0.29) is 0 Å². The van der Waals surface area contributed by atoms with Crippen molar-refractivity contribution in [3.8, 4) is 28.3 Å². The molecule has 0 saturated heterocycles. The lowest BCUT2D eigenvalue weighted by atomic mass is 10.00. The Labute approximate surface area is 178 Å². The fourth-order valence-electron chi connectivity index (χ4n) is 3.30. The van der Waals surface area contributed by atoms with Crippen molar-refractivity contribution in [1.29, 1.82) is 0 Å². The third-order valence-corrected chi connectivity index (χ3v) is 4.99. The number of unbranched alkanes of at least 4 members (excludes halogenated alkanes) is 2. The van der Waals surface area contributed by atoms with Crippen LogP contribution < -0.4 is 4.74 Å². The van der Waals surface area contributed by atoms with Gasteiger partial charge in [-0.2, -0.15) is 0 Å². The average Bonchev–Trinajstić information content (AvgIpc) is 2.78. The molecule has 30 heavy (non-hydrogen) atoms. The van der Waals surface area contributed by atoms with Crippen molar-refractivity contribution < 1.29 is 9.13 Å². The van der Waals surface area contributed by atoms with Gasteiger partial charge < -0.3 is 4.74 Å². The number of benzene rings is 2. The molecule has 0 bridgehead atoms. The molecule has 0 saturated carbocycles. The van der Waals surface area contributed by atoms with Gasteiger partial charge in [0.1, 0.15) is 6.61 Å². The van der Waals surface area contributed by atoms with E-state index in [0.717, 1.165) is 36.8 Å². The molecule has 0 spiro atoms. The highest BCUT2D eigenvalue weighted by Crippen LogP contribution is 2.24. The van der Waals surface area contributed by atoms with Crippen LogP contribution in [0.5, 0.6) is 5.75 Å². The zero-order chi connectivity index (χ0) is 21.2. The summed E-state index contributed by atoms with van der Waals surface area (Å²) >= 11 is 0. The van der Waals surface area contributed by atoms with Crippen LogP contribution >= 0.6 is 0 Å². The van der Waals surface area contributed by atoms with Gasteiger partial charge in [-0.1, -0.05) is 74.0 Å². The zero-order valence-electron chi connectivity index (χ0n) is 17.6. The predicted octanol–water partition coefficient (Wildman–Crippen LogP) is 6.84. The molecule has 0 N–H and O–H groups in total. The Morgan fingerprint density at radius 2 is 1.50 bits per heavy atom. The van der Waals surface area contributed by atoms with Crippen molar-refractivity contribution in [2.75, 3.05) is 6.61 Å². The smallest absolute Gasteiger partial charge is 0.159 e. The Kier molecular flexibility index (Phi) is 8.13.